The molecular formula is C10H17N5S. The average Bonchev–Trinajstić information content (AvgIpc) is 2.28. The Hall–Kier alpha value is -1.01. The molecule has 0 saturated carbocycles. The second kappa shape index (κ2) is 4.88. The van der Waals surface area contributed by atoms with Gasteiger partial charge in [0.25, 0.3) is 0 Å². The van der Waals surface area contributed by atoms with Gasteiger partial charge in [-0.15, -0.1) is 0 Å². The van der Waals surface area contributed by atoms with Crippen LogP contribution in [0.1, 0.15) is 12.7 Å². The van der Waals surface area contributed by atoms with E-state index in [4.69, 9.17) is 5.84 Å². The molecule has 2 heterocycles. The van der Waals surface area contributed by atoms with E-state index in [-0.39, 0.29) is 0 Å². The van der Waals surface area contributed by atoms with Crippen molar-refractivity contribution >= 4 is 23.4 Å². The Morgan fingerprint density at radius 2 is 2.38 bits per heavy atom. The lowest BCUT2D eigenvalue weighted by Crippen LogP contribution is -2.41. The van der Waals surface area contributed by atoms with Crippen LogP contribution in [0.2, 0.25) is 0 Å². The van der Waals surface area contributed by atoms with E-state index in [0.717, 1.165) is 29.7 Å². The monoisotopic (exact) mass is 239 g/mol. The highest BCUT2D eigenvalue weighted by molar-refractivity contribution is 7.99. The summed E-state index contributed by atoms with van der Waals surface area (Å²) < 4.78 is 0. The van der Waals surface area contributed by atoms with Gasteiger partial charge in [0.05, 0.1) is 0 Å². The summed E-state index contributed by atoms with van der Waals surface area (Å²) in [7, 11) is 0. The highest BCUT2D eigenvalue weighted by Gasteiger charge is 2.20. The Morgan fingerprint density at radius 1 is 1.56 bits per heavy atom. The molecule has 0 spiro atoms. The number of hydrogen-bond acceptors (Lipinski definition) is 6. The van der Waals surface area contributed by atoms with Crippen molar-refractivity contribution in [3.63, 3.8) is 0 Å². The fourth-order valence-corrected chi connectivity index (χ4v) is 2.85. The van der Waals surface area contributed by atoms with Crippen LogP contribution in [0.5, 0.6) is 0 Å². The Balaban J connectivity index is 2.27. The highest BCUT2D eigenvalue weighted by Crippen LogP contribution is 2.23. The Morgan fingerprint density at radius 3 is 3.06 bits per heavy atom. The zero-order valence-electron chi connectivity index (χ0n) is 9.60. The predicted molar refractivity (Wildman–Crippen MR) is 68.7 cm³/mol. The van der Waals surface area contributed by atoms with E-state index in [9.17, 15) is 0 Å². The smallest absolute Gasteiger partial charge is 0.145 e. The first kappa shape index (κ1) is 11.5. The van der Waals surface area contributed by atoms with Crippen molar-refractivity contribution in [2.75, 3.05) is 28.4 Å². The zero-order valence-corrected chi connectivity index (χ0v) is 10.4. The highest BCUT2D eigenvalue weighted by atomic mass is 32.2. The minimum atomic E-state index is 0.513. The standard InChI is InChI=1S/C10H17N5S/c1-7-6-16-4-3-15(7)10-5-9(14-11)12-8(2)13-10/h5,7H,3-4,6,11H2,1-2H3,(H,12,13,14). The number of hydrogen-bond donors (Lipinski definition) is 2. The molecule has 1 aromatic heterocycles. The predicted octanol–water partition coefficient (Wildman–Crippen LogP) is 1.01. The minimum absolute atomic E-state index is 0.513. The molecule has 1 aromatic rings. The summed E-state index contributed by atoms with van der Waals surface area (Å²) in [5.74, 6) is 10.1. The fraction of sp³-hybridized carbons (Fsp3) is 0.600. The van der Waals surface area contributed by atoms with Crippen molar-refractivity contribution < 1.29 is 0 Å². The quantitative estimate of drug-likeness (QED) is 0.593. The number of nitrogen functional groups attached to an aromatic ring is 1. The van der Waals surface area contributed by atoms with Crippen LogP contribution in [0, 0.1) is 6.92 Å². The van der Waals surface area contributed by atoms with Gasteiger partial charge in [0.2, 0.25) is 0 Å². The summed E-state index contributed by atoms with van der Waals surface area (Å²) in [5, 5.41) is 0. The molecule has 0 amide bonds. The molecule has 0 radical (unpaired) electrons. The van der Waals surface area contributed by atoms with Crippen LogP contribution in [0.15, 0.2) is 6.07 Å². The molecule has 0 aliphatic carbocycles. The van der Waals surface area contributed by atoms with E-state index in [1.54, 1.807) is 0 Å². The molecule has 1 saturated heterocycles. The van der Waals surface area contributed by atoms with E-state index in [1.807, 2.05) is 24.8 Å². The molecule has 1 aliphatic heterocycles. The lowest BCUT2D eigenvalue weighted by molar-refractivity contribution is 0.687. The van der Waals surface area contributed by atoms with Gasteiger partial charge < -0.3 is 10.3 Å². The molecular weight excluding hydrogens is 222 g/mol. The van der Waals surface area contributed by atoms with E-state index in [2.05, 4.69) is 27.2 Å². The second-order valence-electron chi connectivity index (χ2n) is 3.92. The summed E-state index contributed by atoms with van der Waals surface area (Å²) in [4.78, 5) is 11.0. The van der Waals surface area contributed by atoms with Crippen LogP contribution < -0.4 is 16.2 Å². The van der Waals surface area contributed by atoms with Crippen molar-refractivity contribution in [3.8, 4) is 0 Å². The van der Waals surface area contributed by atoms with Gasteiger partial charge in [-0.25, -0.2) is 15.8 Å². The lowest BCUT2D eigenvalue weighted by Gasteiger charge is -2.34. The zero-order chi connectivity index (χ0) is 11.5. The van der Waals surface area contributed by atoms with Gasteiger partial charge in [-0.3, -0.25) is 0 Å². The number of nitrogens with zero attached hydrogens (tertiary/aromatic N) is 3. The number of aryl methyl sites for hydroxylation is 1. The summed E-state index contributed by atoms with van der Waals surface area (Å²) in [6.07, 6.45) is 0. The molecule has 3 N–H and O–H groups in total. The number of aromatic nitrogens is 2. The SMILES string of the molecule is Cc1nc(NN)cc(N2CCSCC2C)n1. The van der Waals surface area contributed by atoms with Crippen molar-refractivity contribution in [1.82, 2.24) is 9.97 Å². The Kier molecular flexibility index (Phi) is 3.50. The molecule has 6 heteroatoms. The molecule has 5 nitrogen and oxygen atoms in total. The number of nitrogens with one attached hydrogen (secondary N) is 1. The third kappa shape index (κ3) is 2.38. The Bertz CT molecular complexity index is 370. The second-order valence-corrected chi connectivity index (χ2v) is 5.07. The van der Waals surface area contributed by atoms with Gasteiger partial charge in [-0.05, 0) is 13.8 Å². The van der Waals surface area contributed by atoms with Gasteiger partial charge in [-0.2, -0.15) is 11.8 Å². The first-order valence-electron chi connectivity index (χ1n) is 5.37. The maximum atomic E-state index is 5.39. The third-order valence-corrected chi connectivity index (χ3v) is 3.82. The maximum Gasteiger partial charge on any atom is 0.145 e. The van der Waals surface area contributed by atoms with Crippen LogP contribution in [0.25, 0.3) is 0 Å². The molecule has 0 bridgehead atoms. The summed E-state index contributed by atoms with van der Waals surface area (Å²) in [5.41, 5.74) is 2.58. The van der Waals surface area contributed by atoms with Crippen molar-refractivity contribution in [3.05, 3.63) is 11.9 Å². The van der Waals surface area contributed by atoms with Crippen LogP contribution >= 0.6 is 11.8 Å². The number of nitrogens with two attached hydrogens (primary N) is 1. The molecule has 1 fully saturated rings. The fourth-order valence-electron chi connectivity index (χ4n) is 1.84. The molecule has 88 valence electrons. The maximum absolute atomic E-state index is 5.39. The first-order valence-corrected chi connectivity index (χ1v) is 6.53. The Labute approximate surface area is 99.8 Å². The van der Waals surface area contributed by atoms with Crippen LogP contribution in [-0.2, 0) is 0 Å². The molecule has 0 aromatic carbocycles. The average molecular weight is 239 g/mol. The van der Waals surface area contributed by atoms with Crippen LogP contribution in [-0.4, -0.2) is 34.1 Å². The lowest BCUT2D eigenvalue weighted by atomic mass is 10.3. The summed E-state index contributed by atoms with van der Waals surface area (Å²) in [6.45, 7) is 5.14. The van der Waals surface area contributed by atoms with Gasteiger partial charge in [0, 0.05) is 30.2 Å². The third-order valence-electron chi connectivity index (χ3n) is 2.63. The van der Waals surface area contributed by atoms with Gasteiger partial charge in [0.1, 0.15) is 17.5 Å². The minimum Gasteiger partial charge on any atom is -0.352 e. The molecule has 1 unspecified atom stereocenters. The normalized spacial score (nSPS) is 20.9. The number of rotatable bonds is 2. The molecule has 16 heavy (non-hydrogen) atoms. The largest absolute Gasteiger partial charge is 0.352 e. The topological polar surface area (TPSA) is 67.1 Å². The van der Waals surface area contributed by atoms with E-state index in [0.29, 0.717) is 11.9 Å². The van der Waals surface area contributed by atoms with Gasteiger partial charge in [-0.1, -0.05) is 0 Å². The van der Waals surface area contributed by atoms with Crippen molar-refractivity contribution in [1.29, 1.82) is 0 Å². The first-order chi connectivity index (χ1) is 7.70. The van der Waals surface area contributed by atoms with Crippen molar-refractivity contribution in [2.24, 2.45) is 5.84 Å². The number of anilines is 2. The molecule has 1 aliphatic rings. The molecule has 1 atom stereocenters. The van der Waals surface area contributed by atoms with Crippen LogP contribution in [0.4, 0.5) is 11.6 Å². The van der Waals surface area contributed by atoms with Crippen LogP contribution in [0.3, 0.4) is 0 Å². The van der Waals surface area contributed by atoms with E-state index < -0.39 is 0 Å². The van der Waals surface area contributed by atoms with Crippen molar-refractivity contribution in [2.45, 2.75) is 19.9 Å². The number of thioether (sulfide) groups is 1. The van der Waals surface area contributed by atoms with Gasteiger partial charge >= 0.3 is 0 Å². The van der Waals surface area contributed by atoms with E-state index >= 15 is 0 Å². The van der Waals surface area contributed by atoms with Gasteiger partial charge in [0.15, 0.2) is 0 Å². The van der Waals surface area contributed by atoms with E-state index in [1.165, 1.54) is 0 Å². The molecule has 2 rings (SSSR count). The number of hydrazine groups is 1. The summed E-state index contributed by atoms with van der Waals surface area (Å²) in [6, 6.07) is 2.41. The summed E-state index contributed by atoms with van der Waals surface area (Å²) >= 11 is 1.99.